The van der Waals surface area contributed by atoms with Gasteiger partial charge < -0.3 is 10.1 Å². The first-order chi connectivity index (χ1) is 18.8. The third kappa shape index (κ3) is 6.31. The maximum atomic E-state index is 13.0. The van der Waals surface area contributed by atoms with E-state index in [9.17, 15) is 37.7 Å². The van der Waals surface area contributed by atoms with Crippen molar-refractivity contribution in [2.75, 3.05) is 11.9 Å². The van der Waals surface area contributed by atoms with Crippen molar-refractivity contribution in [2.45, 2.75) is 20.0 Å². The fraction of sp³-hybridized carbons (Fsp3) is 0.148. The predicted octanol–water partition coefficient (Wildman–Crippen LogP) is 6.70. The van der Waals surface area contributed by atoms with Gasteiger partial charge in [0.2, 0.25) is 11.7 Å². The number of rotatable bonds is 7. The van der Waals surface area contributed by atoms with Crippen LogP contribution in [0.4, 0.5) is 29.3 Å². The highest BCUT2D eigenvalue weighted by Gasteiger charge is 2.37. The van der Waals surface area contributed by atoms with Gasteiger partial charge in [-0.25, -0.2) is 0 Å². The summed E-state index contributed by atoms with van der Waals surface area (Å²) >= 11 is 0.587. The van der Waals surface area contributed by atoms with Crippen molar-refractivity contribution in [3.8, 4) is 11.5 Å². The lowest BCUT2D eigenvalue weighted by Gasteiger charge is -2.13. The summed E-state index contributed by atoms with van der Waals surface area (Å²) in [5.41, 5.74) is 0.608. The number of benzene rings is 3. The Balaban J connectivity index is 1.54. The molecule has 1 fully saturated rings. The standard InChI is InChI=1S/C27H20F3N3O6S/c1-15-7-9-19(11-16(15)2)31-24(34)14-32-25(35)23(40-26(32)36)12-17-5-3-4-6-21(17)39-22-10-8-18(27(28,29)30)13-20(22)33(37)38/h3-13H,14H2,1-2H3,(H,31,34)/b23-12+. The van der Waals surface area contributed by atoms with Crippen molar-refractivity contribution in [3.63, 3.8) is 0 Å². The summed E-state index contributed by atoms with van der Waals surface area (Å²) in [7, 11) is 0. The molecule has 3 aromatic carbocycles. The Bertz CT molecular complexity index is 1570. The van der Waals surface area contributed by atoms with Crippen molar-refractivity contribution in [1.29, 1.82) is 0 Å². The Kier molecular flexibility index (Phi) is 7.96. The average Bonchev–Trinajstić information content (AvgIpc) is 3.14. The molecular weight excluding hydrogens is 551 g/mol. The molecule has 1 aliphatic rings. The normalized spacial score (nSPS) is 14.5. The second kappa shape index (κ2) is 11.2. The van der Waals surface area contributed by atoms with Gasteiger partial charge in [0.1, 0.15) is 12.3 Å². The zero-order chi connectivity index (χ0) is 29.2. The number of alkyl halides is 3. The number of aryl methyl sites for hydroxylation is 2. The van der Waals surface area contributed by atoms with Gasteiger partial charge in [-0.15, -0.1) is 0 Å². The van der Waals surface area contributed by atoms with Crippen LogP contribution in [-0.4, -0.2) is 33.4 Å². The molecule has 0 aromatic heterocycles. The average molecular weight is 572 g/mol. The van der Waals surface area contributed by atoms with Crippen LogP contribution in [0.3, 0.4) is 0 Å². The molecule has 0 unspecified atom stereocenters. The van der Waals surface area contributed by atoms with Gasteiger partial charge in [0.15, 0.2) is 0 Å². The smallest absolute Gasteiger partial charge is 0.416 e. The van der Waals surface area contributed by atoms with Crippen LogP contribution in [0.25, 0.3) is 6.08 Å². The third-order valence-corrected chi connectivity index (χ3v) is 6.78. The van der Waals surface area contributed by atoms with Crippen LogP contribution in [-0.2, 0) is 15.8 Å². The lowest BCUT2D eigenvalue weighted by atomic mass is 10.1. The summed E-state index contributed by atoms with van der Waals surface area (Å²) < 4.78 is 44.7. The zero-order valence-corrected chi connectivity index (χ0v) is 21.8. The van der Waals surface area contributed by atoms with Gasteiger partial charge in [0, 0.05) is 17.3 Å². The van der Waals surface area contributed by atoms with Crippen molar-refractivity contribution >= 4 is 46.3 Å². The number of thioether (sulfide) groups is 1. The van der Waals surface area contributed by atoms with Crippen molar-refractivity contribution < 1.29 is 37.2 Å². The van der Waals surface area contributed by atoms with Gasteiger partial charge in [-0.1, -0.05) is 24.3 Å². The van der Waals surface area contributed by atoms with Crippen LogP contribution in [0.2, 0.25) is 0 Å². The van der Waals surface area contributed by atoms with E-state index in [0.29, 0.717) is 29.6 Å². The number of amides is 3. The van der Waals surface area contributed by atoms with Gasteiger partial charge in [-0.3, -0.25) is 29.4 Å². The molecule has 1 saturated heterocycles. The summed E-state index contributed by atoms with van der Waals surface area (Å²) in [6.45, 7) is 3.27. The summed E-state index contributed by atoms with van der Waals surface area (Å²) in [6.07, 6.45) is -3.49. The number of imide groups is 1. The molecule has 0 atom stereocenters. The molecule has 4 rings (SSSR count). The Morgan fingerprint density at radius 1 is 1.05 bits per heavy atom. The number of nitro groups is 1. The minimum atomic E-state index is -4.79. The Morgan fingerprint density at radius 2 is 1.77 bits per heavy atom. The number of anilines is 1. The molecule has 0 aliphatic carbocycles. The van der Waals surface area contributed by atoms with Crippen LogP contribution in [0.15, 0.2) is 65.6 Å². The monoisotopic (exact) mass is 571 g/mol. The number of hydrogen-bond donors (Lipinski definition) is 1. The molecule has 9 nitrogen and oxygen atoms in total. The highest BCUT2D eigenvalue weighted by Crippen LogP contribution is 2.40. The van der Waals surface area contributed by atoms with Crippen molar-refractivity contribution in [3.05, 3.63) is 97.9 Å². The molecule has 0 bridgehead atoms. The van der Waals surface area contributed by atoms with Gasteiger partial charge in [0.05, 0.1) is 15.4 Å². The maximum absolute atomic E-state index is 13.0. The number of ether oxygens (including phenoxy) is 1. The first-order valence-corrected chi connectivity index (χ1v) is 12.4. The Labute approximate surface area is 229 Å². The molecule has 0 spiro atoms. The molecule has 1 heterocycles. The molecule has 0 saturated carbocycles. The van der Waals surface area contributed by atoms with E-state index in [4.69, 9.17) is 4.74 Å². The van der Waals surface area contributed by atoms with Crippen LogP contribution >= 0.6 is 11.8 Å². The highest BCUT2D eigenvalue weighted by atomic mass is 32.2. The second-order valence-electron chi connectivity index (χ2n) is 8.69. The molecule has 206 valence electrons. The minimum Gasteiger partial charge on any atom is -0.449 e. The number of nitro benzene ring substituents is 1. The zero-order valence-electron chi connectivity index (χ0n) is 20.9. The molecule has 1 aliphatic heterocycles. The van der Waals surface area contributed by atoms with E-state index in [1.807, 2.05) is 19.9 Å². The van der Waals surface area contributed by atoms with Crippen LogP contribution in [0.5, 0.6) is 11.5 Å². The quantitative estimate of drug-likeness (QED) is 0.190. The molecule has 1 N–H and O–H groups in total. The largest absolute Gasteiger partial charge is 0.449 e. The second-order valence-corrected chi connectivity index (χ2v) is 9.69. The van der Waals surface area contributed by atoms with E-state index in [1.54, 1.807) is 18.2 Å². The first kappa shape index (κ1) is 28.4. The van der Waals surface area contributed by atoms with E-state index < -0.39 is 51.7 Å². The lowest BCUT2D eigenvalue weighted by molar-refractivity contribution is -0.385. The van der Waals surface area contributed by atoms with Gasteiger partial charge >= 0.3 is 11.9 Å². The van der Waals surface area contributed by atoms with Crippen LogP contribution in [0, 0.1) is 24.0 Å². The summed E-state index contributed by atoms with van der Waals surface area (Å²) in [5, 5.41) is 13.4. The lowest BCUT2D eigenvalue weighted by Crippen LogP contribution is -2.36. The van der Waals surface area contributed by atoms with Gasteiger partial charge in [0.25, 0.3) is 11.1 Å². The minimum absolute atomic E-state index is 0.00959. The van der Waals surface area contributed by atoms with E-state index in [-0.39, 0.29) is 16.2 Å². The summed E-state index contributed by atoms with van der Waals surface area (Å²) in [6, 6.07) is 13.1. The SMILES string of the molecule is Cc1ccc(NC(=O)CN2C(=O)S/C(=C/c3ccccc3Oc3ccc(C(F)(F)F)cc3[N+](=O)[O-])C2=O)cc1C. The summed E-state index contributed by atoms with van der Waals surface area (Å²) in [5.74, 6) is -1.77. The third-order valence-electron chi connectivity index (χ3n) is 5.87. The Morgan fingerprint density at radius 3 is 2.45 bits per heavy atom. The van der Waals surface area contributed by atoms with E-state index >= 15 is 0 Å². The van der Waals surface area contributed by atoms with E-state index in [0.717, 1.165) is 22.1 Å². The van der Waals surface area contributed by atoms with Crippen molar-refractivity contribution in [2.24, 2.45) is 0 Å². The number of carbonyl (C=O) groups excluding carboxylic acids is 3. The molecular formula is C27H20F3N3O6S. The number of hydrogen-bond acceptors (Lipinski definition) is 7. The molecule has 13 heteroatoms. The number of para-hydroxylation sites is 1. The predicted molar refractivity (Wildman–Crippen MR) is 142 cm³/mol. The molecule has 0 radical (unpaired) electrons. The molecule has 3 amide bonds. The fourth-order valence-corrected chi connectivity index (χ4v) is 4.50. The number of nitrogens with zero attached hydrogens (tertiary/aromatic N) is 2. The first-order valence-electron chi connectivity index (χ1n) is 11.6. The molecule has 3 aromatic rings. The van der Waals surface area contributed by atoms with E-state index in [1.165, 1.54) is 24.3 Å². The Hall–Kier alpha value is -4.65. The molecule has 40 heavy (non-hydrogen) atoms. The number of halogens is 3. The van der Waals surface area contributed by atoms with Gasteiger partial charge in [-0.05, 0) is 73.1 Å². The topological polar surface area (TPSA) is 119 Å². The fourth-order valence-electron chi connectivity index (χ4n) is 3.67. The van der Waals surface area contributed by atoms with Crippen LogP contribution in [0.1, 0.15) is 22.3 Å². The highest BCUT2D eigenvalue weighted by molar-refractivity contribution is 8.18. The van der Waals surface area contributed by atoms with E-state index in [2.05, 4.69) is 5.32 Å². The van der Waals surface area contributed by atoms with Gasteiger partial charge in [-0.2, -0.15) is 13.2 Å². The number of nitrogens with one attached hydrogen (secondary N) is 1. The number of carbonyl (C=O) groups is 3. The summed E-state index contributed by atoms with van der Waals surface area (Å²) in [4.78, 5) is 49.2. The van der Waals surface area contributed by atoms with Crippen LogP contribution < -0.4 is 10.1 Å². The van der Waals surface area contributed by atoms with Crippen molar-refractivity contribution in [1.82, 2.24) is 4.90 Å². The maximum Gasteiger partial charge on any atom is 0.416 e.